The summed E-state index contributed by atoms with van der Waals surface area (Å²) in [5.41, 5.74) is -0.226. The molecule has 1 aromatic carbocycles. The molecule has 1 heterocycles. The summed E-state index contributed by atoms with van der Waals surface area (Å²) in [6.45, 7) is 3.25. The van der Waals surface area contributed by atoms with Gasteiger partial charge >= 0.3 is 0 Å². The van der Waals surface area contributed by atoms with Gasteiger partial charge in [0.25, 0.3) is 0 Å². The van der Waals surface area contributed by atoms with Gasteiger partial charge in [-0.05, 0) is 50.5 Å². The molecule has 94 valence electrons. The first-order valence-electron chi connectivity index (χ1n) is 5.45. The van der Waals surface area contributed by atoms with E-state index >= 15 is 0 Å². The van der Waals surface area contributed by atoms with E-state index in [1.165, 1.54) is 0 Å². The van der Waals surface area contributed by atoms with E-state index in [1.54, 1.807) is 32.0 Å². The van der Waals surface area contributed by atoms with E-state index < -0.39 is 20.7 Å². The Morgan fingerprint density at radius 2 is 2.12 bits per heavy atom. The third kappa shape index (κ3) is 2.49. The van der Waals surface area contributed by atoms with E-state index in [9.17, 15) is 13.5 Å². The van der Waals surface area contributed by atoms with Gasteiger partial charge in [-0.15, -0.1) is 0 Å². The van der Waals surface area contributed by atoms with E-state index in [0.29, 0.717) is 16.3 Å². The van der Waals surface area contributed by atoms with Crippen LogP contribution in [0, 0.1) is 0 Å². The van der Waals surface area contributed by atoms with Crippen LogP contribution in [-0.4, -0.2) is 24.4 Å². The number of benzene rings is 1. The van der Waals surface area contributed by atoms with E-state index in [-0.39, 0.29) is 6.42 Å². The van der Waals surface area contributed by atoms with Crippen LogP contribution in [0.4, 0.5) is 0 Å². The Hall–Kier alpha value is -0.580. The molecule has 1 aliphatic heterocycles. The molecule has 5 heteroatoms. The van der Waals surface area contributed by atoms with Crippen molar-refractivity contribution in [2.24, 2.45) is 0 Å². The van der Waals surface area contributed by atoms with Crippen molar-refractivity contribution in [1.82, 2.24) is 0 Å². The fraction of sp³-hybridized carbons (Fsp3) is 0.500. The smallest absolute Gasteiger partial charge is 0.181 e. The summed E-state index contributed by atoms with van der Waals surface area (Å²) < 4.78 is 24.4. The number of hydrogen-bond acceptors (Lipinski definition) is 3. The lowest BCUT2D eigenvalue weighted by atomic mass is 9.99. The van der Waals surface area contributed by atoms with Gasteiger partial charge in [-0.25, -0.2) is 8.42 Å². The van der Waals surface area contributed by atoms with Crippen molar-refractivity contribution in [3.05, 3.63) is 28.8 Å². The third-order valence-electron chi connectivity index (χ3n) is 2.94. The molecule has 1 atom stereocenters. The van der Waals surface area contributed by atoms with Gasteiger partial charge < -0.3 is 5.11 Å². The Labute approximate surface area is 106 Å². The maximum atomic E-state index is 12.2. The lowest BCUT2D eigenvalue weighted by Gasteiger charge is -2.20. The van der Waals surface area contributed by atoms with Gasteiger partial charge in [0.15, 0.2) is 9.84 Å². The first kappa shape index (κ1) is 12.9. The van der Waals surface area contributed by atoms with Crippen LogP contribution in [-0.2, 0) is 16.3 Å². The third-order valence-corrected chi connectivity index (χ3v) is 5.40. The average molecular weight is 275 g/mol. The molecular formula is C12H15ClO3S. The van der Waals surface area contributed by atoms with Crippen LogP contribution in [0.5, 0.6) is 0 Å². The molecule has 0 amide bonds. The van der Waals surface area contributed by atoms with Gasteiger partial charge in [0, 0.05) is 5.02 Å². The zero-order valence-corrected chi connectivity index (χ0v) is 11.3. The molecule has 1 unspecified atom stereocenters. The van der Waals surface area contributed by atoms with Crippen molar-refractivity contribution in [2.45, 2.75) is 42.4 Å². The van der Waals surface area contributed by atoms with Crippen molar-refractivity contribution in [1.29, 1.82) is 0 Å². The highest BCUT2D eigenvalue weighted by molar-refractivity contribution is 7.92. The summed E-state index contributed by atoms with van der Waals surface area (Å²) in [5, 5.41) is 9.75. The fourth-order valence-corrected chi connectivity index (χ4v) is 4.60. The van der Waals surface area contributed by atoms with Crippen LogP contribution in [0.25, 0.3) is 0 Å². The minimum absolute atomic E-state index is 0.238. The van der Waals surface area contributed by atoms with Gasteiger partial charge in [0.1, 0.15) is 0 Å². The molecule has 3 nitrogen and oxygen atoms in total. The molecule has 1 aromatic rings. The normalized spacial score (nSPS) is 22.5. The van der Waals surface area contributed by atoms with Crippen molar-refractivity contribution >= 4 is 21.4 Å². The lowest BCUT2D eigenvalue weighted by molar-refractivity contribution is 0.0701. The molecule has 0 saturated heterocycles. The fourth-order valence-electron chi connectivity index (χ4n) is 2.26. The highest BCUT2D eigenvalue weighted by Gasteiger charge is 2.39. The van der Waals surface area contributed by atoms with Crippen LogP contribution in [0.1, 0.15) is 25.8 Å². The largest absolute Gasteiger partial charge is 0.390 e. The Morgan fingerprint density at radius 1 is 1.47 bits per heavy atom. The molecule has 2 rings (SSSR count). The quantitative estimate of drug-likeness (QED) is 0.899. The molecule has 0 spiro atoms. The highest BCUT2D eigenvalue weighted by atomic mass is 35.5. The van der Waals surface area contributed by atoms with Crippen molar-refractivity contribution in [3.8, 4) is 0 Å². The minimum Gasteiger partial charge on any atom is -0.390 e. The van der Waals surface area contributed by atoms with Crippen LogP contribution < -0.4 is 0 Å². The van der Waals surface area contributed by atoms with Gasteiger partial charge in [0.05, 0.1) is 15.7 Å². The van der Waals surface area contributed by atoms with Crippen LogP contribution >= 0.6 is 11.6 Å². The molecule has 1 aliphatic rings. The molecule has 17 heavy (non-hydrogen) atoms. The predicted molar refractivity (Wildman–Crippen MR) is 67.0 cm³/mol. The maximum absolute atomic E-state index is 12.2. The second-order valence-electron chi connectivity index (χ2n) is 5.14. The first-order valence-corrected chi connectivity index (χ1v) is 7.37. The molecule has 0 fully saturated rings. The van der Waals surface area contributed by atoms with Crippen LogP contribution in [0.3, 0.4) is 0 Å². The Balaban J connectivity index is 2.40. The number of aliphatic hydroxyl groups is 1. The lowest BCUT2D eigenvalue weighted by Crippen LogP contribution is -2.30. The van der Waals surface area contributed by atoms with Crippen LogP contribution in [0.2, 0.25) is 5.02 Å². The molecule has 0 radical (unpaired) electrons. The number of halogens is 1. The summed E-state index contributed by atoms with van der Waals surface area (Å²) in [6, 6.07) is 4.83. The molecule has 0 aromatic heterocycles. The molecule has 0 aliphatic carbocycles. The zero-order chi connectivity index (χ0) is 12.8. The average Bonchev–Trinajstić information content (AvgIpc) is 2.35. The number of rotatable bonds is 2. The Bertz CT molecular complexity index is 543. The van der Waals surface area contributed by atoms with E-state index in [1.807, 2.05) is 0 Å². The highest BCUT2D eigenvalue weighted by Crippen LogP contribution is 2.36. The predicted octanol–water partition coefficient (Wildman–Crippen LogP) is 2.20. The zero-order valence-electron chi connectivity index (χ0n) is 9.77. The second-order valence-corrected chi connectivity index (χ2v) is 7.77. The molecule has 0 bridgehead atoms. The Kier molecular flexibility index (Phi) is 3.00. The SMILES string of the molecule is CC(C)(O)CC1Cc2cc(Cl)ccc2S1(=O)=O. The van der Waals surface area contributed by atoms with Crippen molar-refractivity contribution in [3.63, 3.8) is 0 Å². The second kappa shape index (κ2) is 3.97. The minimum atomic E-state index is -3.31. The standard InChI is InChI=1S/C12H15ClO3S/c1-12(2,14)7-10-6-8-5-9(13)3-4-11(8)17(10,15)16/h3-5,10,14H,6-7H2,1-2H3. The van der Waals surface area contributed by atoms with Crippen LogP contribution in [0.15, 0.2) is 23.1 Å². The summed E-state index contributed by atoms with van der Waals surface area (Å²) in [5.74, 6) is 0. The maximum Gasteiger partial charge on any atom is 0.181 e. The molecular weight excluding hydrogens is 260 g/mol. The number of sulfone groups is 1. The van der Waals surface area contributed by atoms with E-state index in [4.69, 9.17) is 11.6 Å². The number of fused-ring (bicyclic) bond motifs is 1. The van der Waals surface area contributed by atoms with E-state index in [2.05, 4.69) is 0 Å². The van der Waals surface area contributed by atoms with Gasteiger partial charge in [0.2, 0.25) is 0 Å². The monoisotopic (exact) mass is 274 g/mol. The van der Waals surface area contributed by atoms with Gasteiger partial charge in [-0.2, -0.15) is 0 Å². The first-order chi connectivity index (χ1) is 7.70. The molecule has 1 N–H and O–H groups in total. The van der Waals surface area contributed by atoms with Gasteiger partial charge in [-0.1, -0.05) is 11.6 Å². The topological polar surface area (TPSA) is 54.4 Å². The summed E-state index contributed by atoms with van der Waals surface area (Å²) in [7, 11) is -3.31. The Morgan fingerprint density at radius 3 is 2.71 bits per heavy atom. The summed E-state index contributed by atoms with van der Waals surface area (Å²) in [6.07, 6.45) is 0.670. The molecule has 0 saturated carbocycles. The van der Waals surface area contributed by atoms with Gasteiger partial charge in [-0.3, -0.25) is 0 Å². The van der Waals surface area contributed by atoms with Crippen molar-refractivity contribution < 1.29 is 13.5 Å². The summed E-state index contributed by atoms with van der Waals surface area (Å²) >= 11 is 5.85. The number of hydrogen-bond donors (Lipinski definition) is 1. The van der Waals surface area contributed by atoms with E-state index in [0.717, 1.165) is 5.56 Å². The summed E-state index contributed by atoms with van der Waals surface area (Å²) in [4.78, 5) is 0.358. The van der Waals surface area contributed by atoms with Crippen molar-refractivity contribution in [2.75, 3.05) is 0 Å².